The normalized spacial score (nSPS) is 12.5. The van der Waals surface area contributed by atoms with E-state index in [9.17, 15) is 31.1 Å². The molecule has 5 rings (SSSR count). The fourth-order valence-electron chi connectivity index (χ4n) is 4.15. The van der Waals surface area contributed by atoms with Crippen molar-refractivity contribution in [2.75, 3.05) is 0 Å². The summed E-state index contributed by atoms with van der Waals surface area (Å²) < 4.78 is 67.6. The number of rotatable bonds is 4. The van der Waals surface area contributed by atoms with Crippen molar-refractivity contribution in [1.29, 1.82) is 0 Å². The van der Waals surface area contributed by atoms with Crippen molar-refractivity contribution in [1.82, 2.24) is 29.2 Å². The number of pyridine rings is 2. The van der Waals surface area contributed by atoms with Crippen molar-refractivity contribution in [2.45, 2.75) is 51.9 Å². The largest absolute Gasteiger partial charge is 0.490 e. The first-order valence-corrected chi connectivity index (χ1v) is 12.9. The van der Waals surface area contributed by atoms with Crippen LogP contribution in [0.1, 0.15) is 47.2 Å². The van der Waals surface area contributed by atoms with Crippen LogP contribution >= 0.6 is 0 Å². The summed E-state index contributed by atoms with van der Waals surface area (Å²) in [5.41, 5.74) is 5.77. The summed E-state index contributed by atoms with van der Waals surface area (Å²) in [5.74, 6) is -5.52. The molecular weight excluding hydrogens is 614 g/mol. The predicted octanol–water partition coefficient (Wildman–Crippen LogP) is 5.19. The van der Waals surface area contributed by atoms with E-state index >= 15 is 0 Å². The van der Waals surface area contributed by atoms with E-state index in [4.69, 9.17) is 24.9 Å². The summed E-state index contributed by atoms with van der Waals surface area (Å²) in [4.78, 5) is 41.5. The number of aromatic nitrogens is 5. The maximum Gasteiger partial charge on any atom is 0.490 e. The van der Waals surface area contributed by atoms with Crippen LogP contribution in [-0.4, -0.2) is 69.6 Å². The number of amides is 1. The van der Waals surface area contributed by atoms with Crippen LogP contribution in [0.3, 0.4) is 0 Å². The van der Waals surface area contributed by atoms with Crippen molar-refractivity contribution in [3.8, 4) is 11.3 Å². The van der Waals surface area contributed by atoms with E-state index in [2.05, 4.69) is 40.6 Å². The molecule has 0 radical (unpaired) electrons. The summed E-state index contributed by atoms with van der Waals surface area (Å²) >= 11 is 0. The van der Waals surface area contributed by atoms with Gasteiger partial charge in [0.1, 0.15) is 0 Å². The van der Waals surface area contributed by atoms with Crippen LogP contribution in [0.5, 0.6) is 0 Å². The van der Waals surface area contributed by atoms with Crippen LogP contribution in [0.4, 0.5) is 26.3 Å². The van der Waals surface area contributed by atoms with E-state index in [-0.39, 0.29) is 5.91 Å². The molecule has 5 heterocycles. The molecule has 0 saturated carbocycles. The van der Waals surface area contributed by atoms with Gasteiger partial charge in [-0.15, -0.1) is 0 Å². The minimum atomic E-state index is -5.08. The van der Waals surface area contributed by atoms with E-state index in [1.807, 2.05) is 34.0 Å². The van der Waals surface area contributed by atoms with E-state index < -0.39 is 24.3 Å². The Bertz CT molecular complexity index is 1590. The number of fused-ring (bicyclic) bond motifs is 3. The van der Waals surface area contributed by atoms with Crippen molar-refractivity contribution in [3.05, 3.63) is 89.9 Å². The van der Waals surface area contributed by atoms with Crippen molar-refractivity contribution in [2.24, 2.45) is 0 Å². The molecule has 0 atom stereocenters. The number of carboxylic acids is 2. The molecule has 4 aromatic rings. The number of aliphatic carboxylic acids is 2. The summed E-state index contributed by atoms with van der Waals surface area (Å²) in [6.45, 7) is 5.94. The second-order valence-electron chi connectivity index (χ2n) is 9.70. The lowest BCUT2D eigenvalue weighted by atomic mass is 10.1. The molecule has 0 fully saturated rings. The Hall–Kier alpha value is -5.22. The first-order valence-electron chi connectivity index (χ1n) is 12.9. The van der Waals surface area contributed by atoms with Crippen molar-refractivity contribution >= 4 is 17.8 Å². The molecule has 0 aliphatic carbocycles. The van der Waals surface area contributed by atoms with Gasteiger partial charge in [0, 0.05) is 59.4 Å². The molecule has 0 aromatic carbocycles. The van der Waals surface area contributed by atoms with Gasteiger partial charge >= 0.3 is 24.3 Å². The van der Waals surface area contributed by atoms with E-state index in [1.54, 1.807) is 30.7 Å². The van der Waals surface area contributed by atoms with Gasteiger partial charge in [-0.25, -0.2) is 9.59 Å². The van der Waals surface area contributed by atoms with E-state index in [1.165, 1.54) is 0 Å². The zero-order valence-electron chi connectivity index (χ0n) is 23.6. The Kier molecular flexibility index (Phi) is 10.7. The summed E-state index contributed by atoms with van der Waals surface area (Å²) in [5, 5.41) is 19.2. The number of hydrogen-bond donors (Lipinski definition) is 2. The van der Waals surface area contributed by atoms with Gasteiger partial charge in [0.05, 0.1) is 31.0 Å². The number of carbonyl (C=O) groups excluding carboxylic acids is 1. The van der Waals surface area contributed by atoms with Gasteiger partial charge in [0.25, 0.3) is 5.91 Å². The number of carboxylic acid groups (broad SMARTS) is 2. The Morgan fingerprint density at radius 3 is 2.00 bits per heavy atom. The molecule has 1 amide bonds. The van der Waals surface area contributed by atoms with Gasteiger partial charge in [-0.3, -0.25) is 19.4 Å². The van der Waals surface area contributed by atoms with Crippen LogP contribution in [-0.2, 0) is 29.2 Å². The topological polar surface area (TPSA) is 143 Å². The van der Waals surface area contributed by atoms with E-state index in [0.29, 0.717) is 31.2 Å². The zero-order valence-corrected chi connectivity index (χ0v) is 23.6. The Labute approximate surface area is 251 Å². The first kappa shape index (κ1) is 34.3. The minimum Gasteiger partial charge on any atom is -0.475 e. The molecule has 1 aliphatic rings. The highest BCUT2D eigenvalue weighted by atomic mass is 19.4. The Balaban J connectivity index is 0.000000331. The van der Waals surface area contributed by atoms with Crippen LogP contribution in [0.15, 0.2) is 67.4 Å². The van der Waals surface area contributed by atoms with Gasteiger partial charge in [-0.2, -0.15) is 31.4 Å². The standard InChI is InChI=1S/C24H24N6O.2C2HF3O2/c1-17(2)30-12-8-21-22(30)16-28(24(31)18-6-10-25-11-7-18)13-19-14-29(27-23(19)21)15-20-5-3-4-9-26-20;2*3-2(4,5)1(6)7/h3-12,14,17H,13,15-16H2,1-2H3;2*(H,6,7). The Morgan fingerprint density at radius 2 is 1.49 bits per heavy atom. The van der Waals surface area contributed by atoms with Crippen LogP contribution in [0, 0.1) is 0 Å². The average Bonchev–Trinajstić information content (AvgIpc) is 3.53. The van der Waals surface area contributed by atoms with Crippen molar-refractivity contribution < 1.29 is 50.9 Å². The molecule has 0 saturated heterocycles. The highest BCUT2D eigenvalue weighted by Crippen LogP contribution is 2.34. The molecule has 17 heteroatoms. The van der Waals surface area contributed by atoms with Crippen LogP contribution < -0.4 is 0 Å². The molecule has 4 aromatic heterocycles. The smallest absolute Gasteiger partial charge is 0.475 e. The molecule has 45 heavy (non-hydrogen) atoms. The molecule has 0 spiro atoms. The van der Waals surface area contributed by atoms with Crippen molar-refractivity contribution in [3.63, 3.8) is 0 Å². The molecule has 11 nitrogen and oxygen atoms in total. The predicted molar refractivity (Wildman–Crippen MR) is 145 cm³/mol. The maximum absolute atomic E-state index is 13.3. The summed E-state index contributed by atoms with van der Waals surface area (Å²) in [6.07, 6.45) is -0.928. The van der Waals surface area contributed by atoms with E-state index in [0.717, 1.165) is 28.2 Å². The number of hydrogen-bond acceptors (Lipinski definition) is 6. The fraction of sp³-hybridized carbons (Fsp3) is 0.286. The van der Waals surface area contributed by atoms with Crippen LogP contribution in [0.2, 0.25) is 0 Å². The summed E-state index contributed by atoms with van der Waals surface area (Å²) in [7, 11) is 0. The van der Waals surface area contributed by atoms with Gasteiger partial charge in [0.15, 0.2) is 0 Å². The number of nitrogens with zero attached hydrogens (tertiary/aromatic N) is 6. The van der Waals surface area contributed by atoms with Crippen LogP contribution in [0.25, 0.3) is 11.3 Å². The van der Waals surface area contributed by atoms with Gasteiger partial charge in [-0.05, 0) is 44.2 Å². The Morgan fingerprint density at radius 1 is 0.889 bits per heavy atom. The molecule has 2 N–H and O–H groups in total. The summed E-state index contributed by atoms with van der Waals surface area (Å²) in [6, 6.07) is 11.8. The molecule has 1 aliphatic heterocycles. The lowest BCUT2D eigenvalue weighted by Gasteiger charge is -2.23. The quantitative estimate of drug-likeness (QED) is 0.290. The molecule has 0 bridgehead atoms. The average molecular weight is 641 g/mol. The lowest BCUT2D eigenvalue weighted by Crippen LogP contribution is -2.30. The van der Waals surface area contributed by atoms with Gasteiger partial charge in [0.2, 0.25) is 0 Å². The monoisotopic (exact) mass is 640 g/mol. The highest BCUT2D eigenvalue weighted by Gasteiger charge is 2.39. The zero-order chi connectivity index (χ0) is 33.5. The second-order valence-corrected chi connectivity index (χ2v) is 9.70. The first-order chi connectivity index (χ1) is 21.0. The SMILES string of the molecule is CC(C)n1ccc2c1CN(C(=O)c1ccncc1)Cc1cn(Cc3ccccn3)nc1-2.O=C(O)C(F)(F)F.O=C(O)C(F)(F)F. The maximum atomic E-state index is 13.3. The van der Waals surface area contributed by atoms with Gasteiger partial charge in [-0.1, -0.05) is 6.07 Å². The second kappa shape index (κ2) is 14.0. The third kappa shape index (κ3) is 9.14. The minimum absolute atomic E-state index is 0.00446. The lowest BCUT2D eigenvalue weighted by molar-refractivity contribution is -0.193. The number of alkyl halides is 6. The van der Waals surface area contributed by atoms with Gasteiger partial charge < -0.3 is 19.7 Å². The molecule has 0 unspecified atom stereocenters. The fourth-order valence-corrected chi connectivity index (χ4v) is 4.15. The third-order valence-corrected chi connectivity index (χ3v) is 6.12. The number of carbonyl (C=O) groups is 3. The third-order valence-electron chi connectivity index (χ3n) is 6.12. The molecule has 240 valence electrons. The molecular formula is C28H26F6N6O5. The highest BCUT2D eigenvalue weighted by molar-refractivity contribution is 5.94. The number of halogens is 6.